The van der Waals surface area contributed by atoms with Gasteiger partial charge in [0.05, 0.1) is 6.04 Å². The van der Waals surface area contributed by atoms with Crippen molar-refractivity contribution in [3.63, 3.8) is 0 Å². The number of carbonyl (C=O) groups excluding carboxylic acids is 1. The summed E-state index contributed by atoms with van der Waals surface area (Å²) in [5, 5.41) is 13.5. The zero-order valence-corrected chi connectivity index (χ0v) is 25.9. The number of amides is 1. The molecule has 43 heavy (non-hydrogen) atoms. The van der Waals surface area contributed by atoms with E-state index in [0.29, 0.717) is 17.8 Å². The third-order valence-corrected chi connectivity index (χ3v) is 8.60. The van der Waals surface area contributed by atoms with Gasteiger partial charge in [0.25, 0.3) is 5.91 Å². The molecule has 0 fully saturated rings. The number of nitrogens with zero attached hydrogens (tertiary/aromatic N) is 3. The molecule has 1 aromatic heterocycles. The van der Waals surface area contributed by atoms with Crippen molar-refractivity contribution in [2.75, 3.05) is 0 Å². The first-order chi connectivity index (χ1) is 21.1. The Balaban J connectivity index is 1.44. The first kappa shape index (κ1) is 30.3. The maximum absolute atomic E-state index is 13.7. The lowest BCUT2D eigenvalue weighted by molar-refractivity contribution is 0.0934. The van der Waals surface area contributed by atoms with Crippen LogP contribution in [0.1, 0.15) is 77.1 Å². The number of aromatic nitrogens is 3. The summed E-state index contributed by atoms with van der Waals surface area (Å²) >= 11 is 1.65. The van der Waals surface area contributed by atoms with E-state index >= 15 is 0 Å². The van der Waals surface area contributed by atoms with Crippen LogP contribution in [0.5, 0.6) is 0 Å². The van der Waals surface area contributed by atoms with Gasteiger partial charge in [-0.1, -0.05) is 128 Å². The Morgan fingerprint density at radius 3 is 2.12 bits per heavy atom. The summed E-state index contributed by atoms with van der Waals surface area (Å²) in [5.41, 5.74) is 6.41. The molecule has 1 heterocycles. The second kappa shape index (κ2) is 15.4. The van der Waals surface area contributed by atoms with Crippen LogP contribution < -0.4 is 5.32 Å². The Bertz CT molecular complexity index is 1570. The van der Waals surface area contributed by atoms with Crippen molar-refractivity contribution in [3.8, 4) is 5.69 Å². The smallest absolute Gasteiger partial charge is 0.251 e. The number of rotatable bonds is 14. The highest BCUT2D eigenvalue weighted by atomic mass is 32.2. The number of unbranched alkanes of at least 4 members (excludes halogenated alkanes) is 3. The molecule has 1 N–H and O–H groups in total. The Morgan fingerprint density at radius 2 is 1.44 bits per heavy atom. The SMILES string of the molecule is CCCCCCc1ccc(C(=O)NC(Cc2ccccc2)c2nnc(SCc3ccccc3)n2-c2ccc(C)cc2)cc1. The van der Waals surface area contributed by atoms with E-state index in [9.17, 15) is 4.79 Å². The molecule has 5 aromatic rings. The number of nitrogens with one attached hydrogen (secondary N) is 1. The van der Waals surface area contributed by atoms with E-state index in [1.807, 2.05) is 36.4 Å². The molecule has 0 aliphatic carbocycles. The second-order valence-corrected chi connectivity index (χ2v) is 12.0. The lowest BCUT2D eigenvalue weighted by Gasteiger charge is -2.20. The molecule has 1 unspecified atom stereocenters. The molecule has 0 saturated carbocycles. The lowest BCUT2D eigenvalue weighted by Crippen LogP contribution is -2.32. The Labute approximate surface area is 259 Å². The molecule has 0 radical (unpaired) electrons. The van der Waals surface area contributed by atoms with Crippen LogP contribution in [0, 0.1) is 6.92 Å². The van der Waals surface area contributed by atoms with Gasteiger partial charge < -0.3 is 5.32 Å². The maximum Gasteiger partial charge on any atom is 0.251 e. The second-order valence-electron chi connectivity index (χ2n) is 11.0. The molecule has 0 aliphatic heterocycles. The van der Waals surface area contributed by atoms with Crippen LogP contribution in [-0.2, 0) is 18.6 Å². The fourth-order valence-electron chi connectivity index (χ4n) is 5.14. The van der Waals surface area contributed by atoms with Crippen molar-refractivity contribution < 1.29 is 4.79 Å². The molecule has 6 heteroatoms. The van der Waals surface area contributed by atoms with Crippen molar-refractivity contribution >= 4 is 17.7 Å². The normalized spacial score (nSPS) is 11.8. The number of hydrogen-bond donors (Lipinski definition) is 1. The highest BCUT2D eigenvalue weighted by molar-refractivity contribution is 7.98. The molecule has 0 bridgehead atoms. The number of benzene rings is 4. The van der Waals surface area contributed by atoms with Gasteiger partial charge in [-0.2, -0.15) is 0 Å². The van der Waals surface area contributed by atoms with E-state index in [0.717, 1.165) is 28.6 Å². The molecule has 0 aliphatic rings. The molecule has 0 spiro atoms. The van der Waals surface area contributed by atoms with Gasteiger partial charge in [-0.15, -0.1) is 10.2 Å². The highest BCUT2D eigenvalue weighted by Gasteiger charge is 2.25. The molecule has 0 saturated heterocycles. The van der Waals surface area contributed by atoms with Gasteiger partial charge in [-0.3, -0.25) is 9.36 Å². The molecule has 1 amide bonds. The van der Waals surface area contributed by atoms with E-state index in [2.05, 4.69) is 102 Å². The average molecular weight is 589 g/mol. The van der Waals surface area contributed by atoms with Gasteiger partial charge in [0.15, 0.2) is 11.0 Å². The molecule has 5 nitrogen and oxygen atoms in total. The van der Waals surface area contributed by atoms with Crippen molar-refractivity contribution in [2.45, 2.75) is 69.3 Å². The fourth-order valence-corrected chi connectivity index (χ4v) is 6.05. The zero-order chi connectivity index (χ0) is 29.9. The number of carbonyl (C=O) groups is 1. The summed E-state index contributed by atoms with van der Waals surface area (Å²) in [5.74, 6) is 1.37. The van der Waals surface area contributed by atoms with Crippen LogP contribution in [0.15, 0.2) is 114 Å². The third-order valence-electron chi connectivity index (χ3n) is 7.60. The van der Waals surface area contributed by atoms with Crippen molar-refractivity contribution in [3.05, 3.63) is 143 Å². The van der Waals surface area contributed by atoms with Gasteiger partial charge in [0.2, 0.25) is 0 Å². The van der Waals surface area contributed by atoms with Gasteiger partial charge in [0, 0.05) is 17.0 Å². The molecular weight excluding hydrogens is 549 g/mol. The predicted octanol–water partition coefficient (Wildman–Crippen LogP) is 8.70. The zero-order valence-electron chi connectivity index (χ0n) is 25.1. The van der Waals surface area contributed by atoms with Gasteiger partial charge in [0.1, 0.15) is 0 Å². The summed E-state index contributed by atoms with van der Waals surface area (Å²) in [4.78, 5) is 13.7. The lowest BCUT2D eigenvalue weighted by atomic mass is 10.0. The summed E-state index contributed by atoms with van der Waals surface area (Å²) in [6.07, 6.45) is 6.55. The first-order valence-corrected chi connectivity index (χ1v) is 16.2. The van der Waals surface area contributed by atoms with E-state index in [1.54, 1.807) is 11.8 Å². The number of hydrogen-bond acceptors (Lipinski definition) is 4. The summed E-state index contributed by atoms with van der Waals surface area (Å²) in [7, 11) is 0. The van der Waals surface area contributed by atoms with Crippen LogP contribution in [-0.4, -0.2) is 20.7 Å². The monoisotopic (exact) mass is 588 g/mol. The van der Waals surface area contributed by atoms with E-state index in [-0.39, 0.29) is 11.9 Å². The van der Waals surface area contributed by atoms with Gasteiger partial charge in [-0.25, -0.2) is 0 Å². The Morgan fingerprint density at radius 1 is 0.767 bits per heavy atom. The van der Waals surface area contributed by atoms with E-state index < -0.39 is 0 Å². The van der Waals surface area contributed by atoms with Crippen LogP contribution in [0.3, 0.4) is 0 Å². The van der Waals surface area contributed by atoms with Crippen molar-refractivity contribution in [1.82, 2.24) is 20.1 Å². The highest BCUT2D eigenvalue weighted by Crippen LogP contribution is 2.29. The van der Waals surface area contributed by atoms with Crippen molar-refractivity contribution in [1.29, 1.82) is 0 Å². The summed E-state index contributed by atoms with van der Waals surface area (Å²) in [6, 6.07) is 36.6. The van der Waals surface area contributed by atoms with Gasteiger partial charge >= 0.3 is 0 Å². The maximum atomic E-state index is 13.7. The Kier molecular flexibility index (Phi) is 10.8. The molecule has 1 atom stereocenters. The van der Waals surface area contributed by atoms with Crippen LogP contribution in [0.4, 0.5) is 0 Å². The van der Waals surface area contributed by atoms with Crippen molar-refractivity contribution in [2.24, 2.45) is 0 Å². The quantitative estimate of drug-likeness (QED) is 0.104. The number of aryl methyl sites for hydroxylation is 2. The van der Waals surface area contributed by atoms with E-state index in [4.69, 9.17) is 5.10 Å². The minimum Gasteiger partial charge on any atom is -0.342 e. The summed E-state index contributed by atoms with van der Waals surface area (Å²) < 4.78 is 2.10. The van der Waals surface area contributed by atoms with Crippen LogP contribution >= 0.6 is 11.8 Å². The Hall–Kier alpha value is -4.16. The predicted molar refractivity (Wildman–Crippen MR) is 177 cm³/mol. The topological polar surface area (TPSA) is 59.8 Å². The summed E-state index contributed by atoms with van der Waals surface area (Å²) in [6.45, 7) is 4.31. The number of thioether (sulfide) groups is 1. The van der Waals surface area contributed by atoms with Crippen LogP contribution in [0.2, 0.25) is 0 Å². The van der Waals surface area contributed by atoms with Crippen LogP contribution in [0.25, 0.3) is 5.69 Å². The third kappa shape index (κ3) is 8.45. The molecular formula is C37H40N4OS. The molecule has 4 aromatic carbocycles. The van der Waals surface area contributed by atoms with Gasteiger partial charge in [-0.05, 0) is 67.1 Å². The minimum absolute atomic E-state index is 0.115. The minimum atomic E-state index is -0.386. The largest absolute Gasteiger partial charge is 0.342 e. The van der Waals surface area contributed by atoms with E-state index in [1.165, 1.54) is 42.4 Å². The fraction of sp³-hybridized carbons (Fsp3) is 0.270. The molecule has 220 valence electrons. The standard InChI is InChI=1S/C37H40N4OS/c1-3-4-5-8-13-29-20-22-32(23-21-29)36(42)38-34(26-30-14-9-6-10-15-30)35-39-40-37(43-27-31-16-11-7-12-17-31)41(35)33-24-18-28(2)19-25-33/h6-7,9-12,14-25,34H,3-5,8,13,26-27H2,1-2H3,(H,38,42). The molecule has 5 rings (SSSR count). The first-order valence-electron chi connectivity index (χ1n) is 15.2. The average Bonchev–Trinajstić information content (AvgIpc) is 3.47.